The standard InChI is InChI=1S/C29H31ClN4O3/c1-3-26(33(17-7-16-31)28(35)22-12-10-20(2)11-13-22)27-32-25-18-23(30)14-15-24(25)29(36)34(27)37-19-21-8-5-4-6-9-21/h4-6,8-15,18,26H,3,7,16-17,19,31H2,1-2H3. The van der Waals surface area contributed by atoms with Crippen LogP contribution in [0.15, 0.2) is 77.6 Å². The summed E-state index contributed by atoms with van der Waals surface area (Å²) in [7, 11) is 0. The summed E-state index contributed by atoms with van der Waals surface area (Å²) in [6, 6.07) is 21.4. The molecule has 0 spiro atoms. The minimum Gasteiger partial charge on any atom is -0.404 e. The summed E-state index contributed by atoms with van der Waals surface area (Å²) in [4.78, 5) is 40.0. The number of halogens is 1. The van der Waals surface area contributed by atoms with E-state index >= 15 is 0 Å². The number of carbonyl (C=O) groups is 1. The Bertz CT molecular complexity index is 1420. The Morgan fingerprint density at radius 1 is 1.11 bits per heavy atom. The van der Waals surface area contributed by atoms with Crippen molar-refractivity contribution in [3.63, 3.8) is 0 Å². The highest BCUT2D eigenvalue weighted by Crippen LogP contribution is 2.27. The molecule has 1 amide bonds. The molecular formula is C29H31ClN4O3. The first-order chi connectivity index (χ1) is 17.9. The molecular weight excluding hydrogens is 488 g/mol. The predicted molar refractivity (Wildman–Crippen MR) is 147 cm³/mol. The molecule has 0 aliphatic rings. The van der Waals surface area contributed by atoms with Crippen molar-refractivity contribution >= 4 is 28.4 Å². The second-order valence-corrected chi connectivity index (χ2v) is 9.36. The van der Waals surface area contributed by atoms with Crippen LogP contribution in [0, 0.1) is 6.92 Å². The van der Waals surface area contributed by atoms with Gasteiger partial charge in [-0.15, -0.1) is 4.73 Å². The smallest absolute Gasteiger partial charge is 0.294 e. The van der Waals surface area contributed by atoms with E-state index in [4.69, 9.17) is 27.2 Å². The molecule has 4 rings (SSSR count). The third-order valence-corrected chi connectivity index (χ3v) is 6.48. The summed E-state index contributed by atoms with van der Waals surface area (Å²) in [5.74, 6) is 0.186. The van der Waals surface area contributed by atoms with Gasteiger partial charge in [0.2, 0.25) is 0 Å². The third kappa shape index (κ3) is 6.01. The molecule has 1 unspecified atom stereocenters. The van der Waals surface area contributed by atoms with Crippen LogP contribution in [-0.4, -0.2) is 33.6 Å². The molecule has 0 fully saturated rings. The highest BCUT2D eigenvalue weighted by atomic mass is 35.5. The minimum atomic E-state index is -0.535. The minimum absolute atomic E-state index is 0.157. The Morgan fingerprint density at radius 2 is 1.84 bits per heavy atom. The average molecular weight is 519 g/mol. The van der Waals surface area contributed by atoms with E-state index in [1.807, 2.05) is 68.4 Å². The van der Waals surface area contributed by atoms with Crippen molar-refractivity contribution in [1.82, 2.24) is 14.6 Å². The van der Waals surface area contributed by atoms with E-state index in [0.717, 1.165) is 11.1 Å². The van der Waals surface area contributed by atoms with Crippen LogP contribution in [0.5, 0.6) is 0 Å². The van der Waals surface area contributed by atoms with E-state index in [1.54, 1.807) is 23.1 Å². The largest absolute Gasteiger partial charge is 0.404 e. The Labute approximate surface area is 221 Å². The number of aromatic nitrogens is 2. The molecule has 7 nitrogen and oxygen atoms in total. The summed E-state index contributed by atoms with van der Waals surface area (Å²) in [5.41, 5.74) is 8.45. The number of nitrogens with zero attached hydrogens (tertiary/aromatic N) is 3. The number of hydrogen-bond donors (Lipinski definition) is 1. The summed E-state index contributed by atoms with van der Waals surface area (Å²) >= 11 is 6.23. The van der Waals surface area contributed by atoms with Crippen molar-refractivity contribution < 1.29 is 9.63 Å². The highest BCUT2D eigenvalue weighted by molar-refractivity contribution is 6.31. The SMILES string of the molecule is CCC(c1nc2cc(Cl)ccc2c(=O)n1OCc1ccccc1)N(CCCN)C(=O)c1ccc(C)cc1. The summed E-state index contributed by atoms with van der Waals surface area (Å²) in [6.07, 6.45) is 1.11. The molecule has 37 heavy (non-hydrogen) atoms. The second-order valence-electron chi connectivity index (χ2n) is 8.92. The third-order valence-electron chi connectivity index (χ3n) is 6.24. The maximum absolute atomic E-state index is 13.7. The molecule has 192 valence electrons. The zero-order valence-corrected chi connectivity index (χ0v) is 21.8. The zero-order chi connectivity index (χ0) is 26.4. The van der Waals surface area contributed by atoms with Crippen LogP contribution < -0.4 is 16.1 Å². The number of carbonyl (C=O) groups excluding carboxylic acids is 1. The van der Waals surface area contributed by atoms with Crippen LogP contribution in [0.2, 0.25) is 5.02 Å². The van der Waals surface area contributed by atoms with Crippen molar-refractivity contribution in [3.05, 3.63) is 111 Å². The van der Waals surface area contributed by atoms with Crippen molar-refractivity contribution in [2.45, 2.75) is 39.3 Å². The number of rotatable bonds is 10. The highest BCUT2D eigenvalue weighted by Gasteiger charge is 2.30. The van der Waals surface area contributed by atoms with Gasteiger partial charge in [0.25, 0.3) is 11.5 Å². The van der Waals surface area contributed by atoms with Crippen LogP contribution in [-0.2, 0) is 6.61 Å². The van der Waals surface area contributed by atoms with Gasteiger partial charge >= 0.3 is 0 Å². The van der Waals surface area contributed by atoms with Gasteiger partial charge in [0.05, 0.1) is 16.9 Å². The van der Waals surface area contributed by atoms with Crippen molar-refractivity contribution in [3.8, 4) is 0 Å². The van der Waals surface area contributed by atoms with Crippen LogP contribution in [0.25, 0.3) is 10.9 Å². The number of nitrogens with two attached hydrogens (primary N) is 1. The van der Waals surface area contributed by atoms with Crippen molar-refractivity contribution in [2.75, 3.05) is 13.1 Å². The van der Waals surface area contributed by atoms with Crippen LogP contribution in [0.4, 0.5) is 0 Å². The molecule has 1 heterocycles. The molecule has 0 aliphatic heterocycles. The maximum atomic E-state index is 13.7. The molecule has 0 saturated carbocycles. The fourth-order valence-corrected chi connectivity index (χ4v) is 4.44. The normalized spacial score (nSPS) is 11.9. The van der Waals surface area contributed by atoms with E-state index in [-0.39, 0.29) is 18.1 Å². The molecule has 2 N–H and O–H groups in total. The van der Waals surface area contributed by atoms with Crippen molar-refractivity contribution in [2.24, 2.45) is 5.73 Å². The number of benzene rings is 3. The van der Waals surface area contributed by atoms with Crippen molar-refractivity contribution in [1.29, 1.82) is 0 Å². The number of aryl methyl sites for hydroxylation is 1. The second kappa shape index (κ2) is 12.0. The van der Waals surface area contributed by atoms with Crippen LogP contribution in [0.1, 0.15) is 53.1 Å². The first kappa shape index (κ1) is 26.4. The first-order valence-electron chi connectivity index (χ1n) is 12.4. The van der Waals surface area contributed by atoms with Gasteiger partial charge in [0.1, 0.15) is 6.61 Å². The molecule has 0 aliphatic carbocycles. The van der Waals surface area contributed by atoms with E-state index in [0.29, 0.717) is 53.2 Å². The summed E-state index contributed by atoms with van der Waals surface area (Å²) in [5, 5.41) is 0.853. The van der Waals surface area contributed by atoms with Crippen LogP contribution in [0.3, 0.4) is 0 Å². The number of hydrogen-bond acceptors (Lipinski definition) is 5. The predicted octanol–water partition coefficient (Wildman–Crippen LogP) is 4.93. The van der Waals surface area contributed by atoms with Gasteiger partial charge in [0.15, 0.2) is 5.82 Å². The maximum Gasteiger partial charge on any atom is 0.294 e. The Morgan fingerprint density at radius 3 is 2.51 bits per heavy atom. The monoisotopic (exact) mass is 518 g/mol. The zero-order valence-electron chi connectivity index (χ0n) is 21.1. The Hall–Kier alpha value is -3.68. The van der Waals surface area contributed by atoms with Gasteiger partial charge in [-0.25, -0.2) is 4.98 Å². The summed E-state index contributed by atoms with van der Waals surface area (Å²) < 4.78 is 1.23. The fourth-order valence-electron chi connectivity index (χ4n) is 4.27. The lowest BCUT2D eigenvalue weighted by Crippen LogP contribution is -2.41. The van der Waals surface area contributed by atoms with Gasteiger partial charge in [-0.2, -0.15) is 0 Å². The molecule has 1 aromatic heterocycles. The van der Waals surface area contributed by atoms with Gasteiger partial charge in [-0.1, -0.05) is 66.6 Å². The molecule has 0 radical (unpaired) electrons. The molecule has 0 saturated heterocycles. The van der Waals surface area contributed by atoms with Gasteiger partial charge < -0.3 is 15.5 Å². The van der Waals surface area contributed by atoms with Gasteiger partial charge in [0, 0.05) is 17.1 Å². The van der Waals surface area contributed by atoms with Gasteiger partial charge in [-0.3, -0.25) is 9.59 Å². The quantitative estimate of drug-likeness (QED) is 0.321. The van der Waals surface area contributed by atoms with E-state index in [2.05, 4.69) is 0 Å². The average Bonchev–Trinajstić information content (AvgIpc) is 2.91. The first-order valence-corrected chi connectivity index (χ1v) is 12.8. The van der Waals surface area contributed by atoms with E-state index in [1.165, 1.54) is 4.73 Å². The molecule has 0 bridgehead atoms. The molecule has 4 aromatic rings. The lowest BCUT2D eigenvalue weighted by atomic mass is 10.1. The molecule has 8 heteroatoms. The Balaban J connectivity index is 1.83. The lowest BCUT2D eigenvalue weighted by molar-refractivity contribution is 0.0505. The summed E-state index contributed by atoms with van der Waals surface area (Å²) in [6.45, 7) is 4.93. The lowest BCUT2D eigenvalue weighted by Gasteiger charge is -2.32. The number of amides is 1. The number of fused-ring (bicyclic) bond motifs is 1. The van der Waals surface area contributed by atoms with Crippen LogP contribution >= 0.6 is 11.6 Å². The van der Waals surface area contributed by atoms with E-state index in [9.17, 15) is 9.59 Å². The molecule has 3 aromatic carbocycles. The Kier molecular flexibility index (Phi) is 8.58. The van der Waals surface area contributed by atoms with E-state index < -0.39 is 6.04 Å². The van der Waals surface area contributed by atoms with Gasteiger partial charge in [-0.05, 0) is 62.2 Å². The molecule has 1 atom stereocenters. The topological polar surface area (TPSA) is 90.5 Å². The fraction of sp³-hybridized carbons (Fsp3) is 0.276.